The highest BCUT2D eigenvalue weighted by Crippen LogP contribution is 2.19. The zero-order chi connectivity index (χ0) is 11.3. The molecule has 0 saturated heterocycles. The van der Waals surface area contributed by atoms with Crippen LogP contribution in [-0.2, 0) is 0 Å². The summed E-state index contributed by atoms with van der Waals surface area (Å²) < 4.78 is 13.2. The van der Waals surface area contributed by atoms with Crippen molar-refractivity contribution in [1.29, 1.82) is 5.26 Å². The number of halogens is 2. The second-order valence-electron chi connectivity index (χ2n) is 2.77. The second-order valence-corrected chi connectivity index (χ2v) is 3.13. The quantitative estimate of drug-likeness (QED) is 0.607. The van der Waals surface area contributed by atoms with Crippen molar-refractivity contribution in [2.75, 3.05) is 18.5 Å². The Morgan fingerprint density at radius 1 is 1.67 bits per heavy atom. The third kappa shape index (κ3) is 3.05. The summed E-state index contributed by atoms with van der Waals surface area (Å²) in [5, 5.41) is 19.7. The lowest BCUT2D eigenvalue weighted by atomic mass is 10.3. The summed E-state index contributed by atoms with van der Waals surface area (Å²) in [5.41, 5.74) is -0.260. The number of aliphatic hydroxyl groups is 1. The molecule has 0 aliphatic rings. The minimum atomic E-state index is -0.705. The Morgan fingerprint density at radius 3 is 2.93 bits per heavy atom. The van der Waals surface area contributed by atoms with E-state index < -0.39 is 5.82 Å². The summed E-state index contributed by atoms with van der Waals surface area (Å²) in [6.45, 7) is 0.505. The number of anilines is 1. The molecule has 0 radical (unpaired) electrons. The molecule has 0 spiro atoms. The Morgan fingerprint density at radius 2 is 2.40 bits per heavy atom. The molecule has 0 aromatic carbocycles. The normalized spacial score (nSPS) is 9.73. The predicted molar refractivity (Wildman–Crippen MR) is 54.1 cm³/mol. The van der Waals surface area contributed by atoms with E-state index in [9.17, 15) is 4.39 Å². The van der Waals surface area contributed by atoms with Crippen LogP contribution in [-0.4, -0.2) is 23.2 Å². The van der Waals surface area contributed by atoms with E-state index in [1.807, 2.05) is 0 Å². The molecule has 0 aliphatic heterocycles. The van der Waals surface area contributed by atoms with E-state index in [2.05, 4.69) is 10.3 Å². The number of nitrogens with one attached hydrogen (secondary N) is 1. The molecule has 0 fully saturated rings. The number of hydrogen-bond donors (Lipinski definition) is 2. The summed E-state index contributed by atoms with van der Waals surface area (Å²) >= 11 is 5.58. The number of pyridine rings is 1. The van der Waals surface area contributed by atoms with Crippen molar-refractivity contribution in [2.24, 2.45) is 0 Å². The monoisotopic (exact) mass is 229 g/mol. The van der Waals surface area contributed by atoms with Gasteiger partial charge in [0, 0.05) is 19.2 Å². The number of nitrogens with zero attached hydrogens (tertiary/aromatic N) is 2. The first-order valence-electron chi connectivity index (χ1n) is 4.30. The zero-order valence-electron chi connectivity index (χ0n) is 7.80. The van der Waals surface area contributed by atoms with Gasteiger partial charge in [0.15, 0.2) is 5.15 Å². The molecule has 0 amide bonds. The van der Waals surface area contributed by atoms with Gasteiger partial charge in [0.1, 0.15) is 23.3 Å². The van der Waals surface area contributed by atoms with Crippen molar-refractivity contribution in [3.63, 3.8) is 0 Å². The van der Waals surface area contributed by atoms with Crippen LogP contribution in [0.3, 0.4) is 0 Å². The molecule has 4 nitrogen and oxygen atoms in total. The molecule has 0 bridgehead atoms. The van der Waals surface area contributed by atoms with Gasteiger partial charge in [-0.2, -0.15) is 5.26 Å². The Kier molecular flexibility index (Phi) is 4.28. The van der Waals surface area contributed by atoms with Crippen molar-refractivity contribution in [2.45, 2.75) is 6.42 Å². The van der Waals surface area contributed by atoms with Crippen LogP contribution in [0.1, 0.15) is 12.0 Å². The molecule has 0 atom stereocenters. The van der Waals surface area contributed by atoms with Gasteiger partial charge in [0.25, 0.3) is 0 Å². The number of hydrogen-bond acceptors (Lipinski definition) is 4. The van der Waals surface area contributed by atoms with E-state index in [0.717, 1.165) is 6.07 Å². The summed E-state index contributed by atoms with van der Waals surface area (Å²) in [7, 11) is 0. The number of aromatic nitrogens is 1. The standard InChI is InChI=1S/C9H9ClFN3O/c10-9-6(5-12)7(11)4-8(14-9)13-2-1-3-15/h4,15H,1-3H2,(H,13,14). The summed E-state index contributed by atoms with van der Waals surface area (Å²) in [6, 6.07) is 2.72. The Balaban J connectivity index is 2.81. The molecule has 2 N–H and O–H groups in total. The van der Waals surface area contributed by atoms with Crippen molar-refractivity contribution in [3.8, 4) is 6.07 Å². The van der Waals surface area contributed by atoms with Gasteiger partial charge in [-0.15, -0.1) is 0 Å². The van der Waals surface area contributed by atoms with Crippen molar-refractivity contribution in [1.82, 2.24) is 4.98 Å². The molecule has 1 aromatic rings. The van der Waals surface area contributed by atoms with Crippen molar-refractivity contribution >= 4 is 17.4 Å². The van der Waals surface area contributed by atoms with Gasteiger partial charge in [-0.1, -0.05) is 11.6 Å². The van der Waals surface area contributed by atoms with Gasteiger partial charge >= 0.3 is 0 Å². The van der Waals surface area contributed by atoms with Gasteiger partial charge in [0.2, 0.25) is 0 Å². The molecule has 0 aliphatic carbocycles. The van der Waals surface area contributed by atoms with Crippen LogP contribution in [0, 0.1) is 17.1 Å². The summed E-state index contributed by atoms with van der Waals surface area (Å²) in [4.78, 5) is 3.79. The highest BCUT2D eigenvalue weighted by atomic mass is 35.5. The predicted octanol–water partition coefficient (Wildman–Crippen LogP) is 1.54. The first-order chi connectivity index (χ1) is 7.19. The Hall–Kier alpha value is -1.38. The number of rotatable bonds is 4. The van der Waals surface area contributed by atoms with Crippen LogP contribution in [0.25, 0.3) is 0 Å². The minimum absolute atomic E-state index is 0.0412. The van der Waals surface area contributed by atoms with Gasteiger partial charge in [-0.25, -0.2) is 9.37 Å². The molecular formula is C9H9ClFN3O. The molecule has 6 heteroatoms. The van der Waals surface area contributed by atoms with Gasteiger partial charge in [-0.3, -0.25) is 0 Å². The average Bonchev–Trinajstić information content (AvgIpc) is 2.18. The molecular weight excluding hydrogens is 221 g/mol. The maximum absolute atomic E-state index is 13.2. The van der Waals surface area contributed by atoms with Crippen molar-refractivity contribution < 1.29 is 9.50 Å². The lowest BCUT2D eigenvalue weighted by molar-refractivity contribution is 0.292. The minimum Gasteiger partial charge on any atom is -0.396 e. The fraction of sp³-hybridized carbons (Fsp3) is 0.333. The second kappa shape index (κ2) is 5.49. The van der Waals surface area contributed by atoms with Crippen LogP contribution in [0.5, 0.6) is 0 Å². The topological polar surface area (TPSA) is 68.9 Å². The molecule has 1 aromatic heterocycles. The van der Waals surface area contributed by atoms with E-state index in [1.54, 1.807) is 6.07 Å². The third-order valence-electron chi connectivity index (χ3n) is 1.68. The summed E-state index contributed by atoms with van der Waals surface area (Å²) in [6.07, 6.45) is 0.529. The van der Waals surface area contributed by atoms with E-state index in [-0.39, 0.29) is 23.1 Å². The zero-order valence-corrected chi connectivity index (χ0v) is 8.55. The van der Waals surface area contributed by atoms with Crippen LogP contribution >= 0.6 is 11.6 Å². The maximum Gasteiger partial charge on any atom is 0.152 e. The first kappa shape index (κ1) is 11.7. The maximum atomic E-state index is 13.2. The first-order valence-corrected chi connectivity index (χ1v) is 4.67. The van der Waals surface area contributed by atoms with E-state index in [0.29, 0.717) is 13.0 Å². The highest BCUT2D eigenvalue weighted by molar-refractivity contribution is 6.30. The van der Waals surface area contributed by atoms with Crippen LogP contribution in [0.4, 0.5) is 10.2 Å². The lowest BCUT2D eigenvalue weighted by Gasteiger charge is -2.05. The largest absolute Gasteiger partial charge is 0.396 e. The lowest BCUT2D eigenvalue weighted by Crippen LogP contribution is -2.06. The smallest absolute Gasteiger partial charge is 0.152 e. The molecule has 1 rings (SSSR count). The van der Waals surface area contributed by atoms with E-state index >= 15 is 0 Å². The fourth-order valence-corrected chi connectivity index (χ4v) is 1.19. The van der Waals surface area contributed by atoms with E-state index in [1.165, 1.54) is 0 Å². The molecule has 15 heavy (non-hydrogen) atoms. The van der Waals surface area contributed by atoms with Gasteiger partial charge < -0.3 is 10.4 Å². The number of aliphatic hydroxyl groups excluding tert-OH is 1. The van der Waals surface area contributed by atoms with Gasteiger partial charge in [0.05, 0.1) is 0 Å². The van der Waals surface area contributed by atoms with Crippen LogP contribution in [0.15, 0.2) is 6.07 Å². The molecule has 0 saturated carbocycles. The van der Waals surface area contributed by atoms with Crippen LogP contribution in [0.2, 0.25) is 5.15 Å². The summed E-state index contributed by atoms with van der Waals surface area (Å²) in [5.74, 6) is -0.450. The van der Waals surface area contributed by atoms with Crippen molar-refractivity contribution in [3.05, 3.63) is 22.6 Å². The van der Waals surface area contributed by atoms with Gasteiger partial charge in [-0.05, 0) is 6.42 Å². The molecule has 0 unspecified atom stereocenters. The fourth-order valence-electron chi connectivity index (χ4n) is 0.970. The average molecular weight is 230 g/mol. The number of nitriles is 1. The molecule has 80 valence electrons. The third-order valence-corrected chi connectivity index (χ3v) is 1.95. The Labute approximate surface area is 91.3 Å². The molecule has 1 heterocycles. The van der Waals surface area contributed by atoms with E-state index in [4.69, 9.17) is 22.0 Å². The Bertz CT molecular complexity index is 368. The van der Waals surface area contributed by atoms with Crippen LogP contribution < -0.4 is 5.32 Å². The highest BCUT2D eigenvalue weighted by Gasteiger charge is 2.10. The SMILES string of the molecule is N#Cc1c(F)cc(NCCCO)nc1Cl.